The van der Waals surface area contributed by atoms with Gasteiger partial charge in [-0.15, -0.1) is 0 Å². The summed E-state index contributed by atoms with van der Waals surface area (Å²) in [6.45, 7) is 4.55. The predicted molar refractivity (Wildman–Crippen MR) is 111 cm³/mol. The van der Waals surface area contributed by atoms with Gasteiger partial charge in [0.25, 0.3) is 0 Å². The van der Waals surface area contributed by atoms with Crippen molar-refractivity contribution in [2.75, 3.05) is 0 Å². The number of hydrogen-bond donors (Lipinski definition) is 0. The predicted octanol–water partition coefficient (Wildman–Crippen LogP) is 8.44. The van der Waals surface area contributed by atoms with Crippen molar-refractivity contribution in [1.82, 2.24) is 0 Å². The lowest BCUT2D eigenvalue weighted by molar-refractivity contribution is 0.540. The third-order valence-electron chi connectivity index (χ3n) is 6.64. The van der Waals surface area contributed by atoms with Gasteiger partial charge in [0.1, 0.15) is 0 Å². The van der Waals surface area contributed by atoms with E-state index in [0.717, 1.165) is 5.92 Å². The van der Waals surface area contributed by atoms with Gasteiger partial charge >= 0.3 is 0 Å². The van der Waals surface area contributed by atoms with Crippen LogP contribution in [0.2, 0.25) is 0 Å². The lowest BCUT2D eigenvalue weighted by Crippen LogP contribution is -1.83. The van der Waals surface area contributed by atoms with Gasteiger partial charge in [-0.3, -0.25) is 0 Å². The Morgan fingerprint density at radius 1 is 0.760 bits per heavy atom. The van der Waals surface area contributed by atoms with Crippen LogP contribution in [0.1, 0.15) is 117 Å². The Bertz CT molecular complexity index is 510. The van der Waals surface area contributed by atoms with E-state index in [-0.39, 0.29) is 0 Å². The molecule has 0 aromatic rings. The molecule has 1 fully saturated rings. The molecule has 1 unspecified atom stereocenters. The van der Waals surface area contributed by atoms with Crippen LogP contribution in [0.5, 0.6) is 0 Å². The highest BCUT2D eigenvalue weighted by Gasteiger charge is 2.45. The van der Waals surface area contributed by atoms with Crippen molar-refractivity contribution >= 4 is 0 Å². The zero-order valence-corrected chi connectivity index (χ0v) is 17.0. The third kappa shape index (κ3) is 5.11. The summed E-state index contributed by atoms with van der Waals surface area (Å²) >= 11 is 0. The topological polar surface area (TPSA) is 0 Å². The first kappa shape index (κ1) is 19.0. The molecule has 3 aliphatic rings. The van der Waals surface area contributed by atoms with Gasteiger partial charge in [0.2, 0.25) is 0 Å². The SMILES string of the molecule is C/C=C1\C(=C2C3=C2CCCC3)C1CCCCCCCCCCCCC. The van der Waals surface area contributed by atoms with Gasteiger partial charge in [0, 0.05) is 5.92 Å². The van der Waals surface area contributed by atoms with Crippen molar-refractivity contribution in [3.63, 3.8) is 0 Å². The molecule has 3 rings (SSSR count). The molecule has 140 valence electrons. The summed E-state index contributed by atoms with van der Waals surface area (Å²) in [6.07, 6.45) is 25.5. The van der Waals surface area contributed by atoms with Gasteiger partial charge in [-0.05, 0) is 66.9 Å². The second-order valence-corrected chi connectivity index (χ2v) is 8.57. The van der Waals surface area contributed by atoms with Crippen molar-refractivity contribution in [3.05, 3.63) is 33.9 Å². The van der Waals surface area contributed by atoms with E-state index in [2.05, 4.69) is 19.9 Å². The van der Waals surface area contributed by atoms with Crippen LogP contribution in [-0.2, 0) is 0 Å². The highest BCUT2D eigenvalue weighted by molar-refractivity contribution is 5.78. The first-order valence-corrected chi connectivity index (χ1v) is 11.5. The zero-order chi connectivity index (χ0) is 17.5. The Balaban J connectivity index is 1.23. The second-order valence-electron chi connectivity index (χ2n) is 8.57. The molecule has 0 spiro atoms. The summed E-state index contributed by atoms with van der Waals surface area (Å²) < 4.78 is 0. The lowest BCUT2D eigenvalue weighted by Gasteiger charge is -2.02. The molecule has 1 atom stereocenters. The summed E-state index contributed by atoms with van der Waals surface area (Å²) in [4.78, 5) is 0. The Morgan fingerprint density at radius 2 is 1.28 bits per heavy atom. The maximum atomic E-state index is 2.40. The average molecular weight is 341 g/mol. The maximum Gasteiger partial charge on any atom is 0.00982 e. The first-order chi connectivity index (χ1) is 12.4. The highest BCUT2D eigenvalue weighted by Crippen LogP contribution is 2.61. The largest absolute Gasteiger partial charge is 0.0835 e. The Hall–Kier alpha value is -0.780. The van der Waals surface area contributed by atoms with E-state index in [0.29, 0.717) is 0 Å². The smallest absolute Gasteiger partial charge is 0.00982 e. The fourth-order valence-electron chi connectivity index (χ4n) is 5.03. The molecule has 3 aliphatic carbocycles. The van der Waals surface area contributed by atoms with Crippen LogP contribution in [0.15, 0.2) is 33.9 Å². The van der Waals surface area contributed by atoms with Gasteiger partial charge in [-0.2, -0.15) is 0 Å². The Morgan fingerprint density at radius 3 is 1.80 bits per heavy atom. The molecule has 0 saturated heterocycles. The molecule has 0 radical (unpaired) electrons. The van der Waals surface area contributed by atoms with E-state index in [4.69, 9.17) is 0 Å². The molecule has 0 heterocycles. The molecule has 0 amide bonds. The number of allylic oxidation sites excluding steroid dienone is 6. The molecule has 0 heteroatoms. The summed E-state index contributed by atoms with van der Waals surface area (Å²) in [5, 5.41) is 0. The highest BCUT2D eigenvalue weighted by atomic mass is 14.5. The normalized spacial score (nSPS) is 23.4. The number of rotatable bonds is 12. The Labute approximate surface area is 156 Å². The van der Waals surface area contributed by atoms with E-state index in [1.165, 1.54) is 103 Å². The van der Waals surface area contributed by atoms with Crippen molar-refractivity contribution in [3.8, 4) is 0 Å². The van der Waals surface area contributed by atoms with E-state index in [1.54, 1.807) is 27.9 Å². The molecular formula is C25H40. The van der Waals surface area contributed by atoms with Crippen LogP contribution < -0.4 is 0 Å². The minimum absolute atomic E-state index is 0.851. The van der Waals surface area contributed by atoms with Crippen molar-refractivity contribution < 1.29 is 0 Å². The molecule has 0 aliphatic heterocycles. The van der Waals surface area contributed by atoms with Gasteiger partial charge in [0.05, 0.1) is 0 Å². The molecule has 0 aromatic carbocycles. The monoisotopic (exact) mass is 340 g/mol. The zero-order valence-electron chi connectivity index (χ0n) is 17.0. The van der Waals surface area contributed by atoms with E-state index in [9.17, 15) is 0 Å². The van der Waals surface area contributed by atoms with E-state index >= 15 is 0 Å². The van der Waals surface area contributed by atoms with E-state index in [1.807, 2.05) is 0 Å². The fourth-order valence-corrected chi connectivity index (χ4v) is 5.03. The molecule has 0 aromatic heterocycles. The minimum atomic E-state index is 0.851. The van der Waals surface area contributed by atoms with Gasteiger partial charge in [0.15, 0.2) is 0 Å². The van der Waals surface area contributed by atoms with Crippen molar-refractivity contribution in [2.24, 2.45) is 5.92 Å². The van der Waals surface area contributed by atoms with Gasteiger partial charge < -0.3 is 0 Å². The average Bonchev–Trinajstić information content (AvgIpc) is 3.52. The van der Waals surface area contributed by atoms with Crippen molar-refractivity contribution in [2.45, 2.75) is 117 Å². The van der Waals surface area contributed by atoms with Crippen LogP contribution in [0.25, 0.3) is 0 Å². The second kappa shape index (κ2) is 9.79. The molecule has 0 nitrogen and oxygen atoms in total. The Kier molecular flexibility index (Phi) is 7.44. The summed E-state index contributed by atoms with van der Waals surface area (Å²) in [6, 6.07) is 0. The molecule has 0 N–H and O–H groups in total. The molecule has 1 saturated carbocycles. The summed E-state index contributed by atoms with van der Waals surface area (Å²) in [5.41, 5.74) is 8.81. The summed E-state index contributed by atoms with van der Waals surface area (Å²) in [5.74, 6) is 0.851. The van der Waals surface area contributed by atoms with Crippen LogP contribution >= 0.6 is 0 Å². The third-order valence-corrected chi connectivity index (χ3v) is 6.64. The molecule has 25 heavy (non-hydrogen) atoms. The molecular weight excluding hydrogens is 300 g/mol. The first-order valence-electron chi connectivity index (χ1n) is 11.5. The maximum absolute atomic E-state index is 2.40. The van der Waals surface area contributed by atoms with Crippen molar-refractivity contribution in [1.29, 1.82) is 0 Å². The van der Waals surface area contributed by atoms with Crippen LogP contribution in [0, 0.1) is 5.92 Å². The number of unbranched alkanes of at least 4 members (excludes halogenated alkanes) is 10. The lowest BCUT2D eigenvalue weighted by atomic mass is 10.0. The summed E-state index contributed by atoms with van der Waals surface area (Å²) in [7, 11) is 0. The minimum Gasteiger partial charge on any atom is -0.0835 e. The van der Waals surface area contributed by atoms with Crippen LogP contribution in [0.3, 0.4) is 0 Å². The fraction of sp³-hybridized carbons (Fsp3) is 0.760. The standard InChI is InChI=1S/C25H40/c1-3-5-6-7-8-9-10-11-12-13-14-17-21-20(4-2)24(21)25-22-18-15-16-19-23(22)25/h4,21H,3,5-19H2,1-2H3/b20-4-. The quantitative estimate of drug-likeness (QED) is 0.313. The number of hydrogen-bond acceptors (Lipinski definition) is 0. The van der Waals surface area contributed by atoms with Gasteiger partial charge in [-0.25, -0.2) is 0 Å². The van der Waals surface area contributed by atoms with Crippen LogP contribution in [-0.4, -0.2) is 0 Å². The van der Waals surface area contributed by atoms with E-state index < -0.39 is 0 Å². The van der Waals surface area contributed by atoms with Gasteiger partial charge in [-0.1, -0.05) is 83.6 Å². The molecule has 0 bridgehead atoms. The van der Waals surface area contributed by atoms with Crippen LogP contribution in [0.4, 0.5) is 0 Å².